The Morgan fingerprint density at radius 2 is 1.74 bits per heavy atom. The molecule has 5 nitrogen and oxygen atoms in total. The van der Waals surface area contributed by atoms with E-state index in [-0.39, 0.29) is 23.3 Å². The molecule has 0 radical (unpaired) electrons. The number of rotatable bonds is 3. The maximum atomic E-state index is 12.0. The van der Waals surface area contributed by atoms with Crippen molar-refractivity contribution in [2.45, 2.75) is 26.3 Å². The summed E-state index contributed by atoms with van der Waals surface area (Å²) >= 11 is 0. The second-order valence-electron chi connectivity index (χ2n) is 7.23. The number of hydrogen-bond acceptors (Lipinski definition) is 4. The fourth-order valence-electron chi connectivity index (χ4n) is 3.82. The van der Waals surface area contributed by atoms with E-state index >= 15 is 0 Å². The topological polar surface area (TPSA) is 72.2 Å². The average molecular weight is 382 g/mol. The van der Waals surface area contributed by atoms with E-state index in [2.05, 4.69) is 4.98 Å². The second kappa shape index (κ2) is 6.53. The first-order chi connectivity index (χ1) is 12.9. The standard InChI is InChI=1S/C21H22N2O3S/c1-14-10-17(11-15(2)21(14)24)20-19(16-6-4-3-5-7-16)22-13-23(20)18-8-9-27(25,26)12-18/h3-7,10-11,13,18,24H,8-9,12H2,1-2H3. The molecule has 3 aromatic rings. The van der Waals surface area contributed by atoms with Crippen molar-refractivity contribution in [1.82, 2.24) is 9.55 Å². The molecule has 0 amide bonds. The molecule has 4 rings (SSSR count). The molecule has 1 N–H and O–H groups in total. The average Bonchev–Trinajstić information content (AvgIpc) is 3.23. The van der Waals surface area contributed by atoms with Crippen LogP contribution in [0.3, 0.4) is 0 Å². The van der Waals surface area contributed by atoms with Gasteiger partial charge in [0.25, 0.3) is 0 Å². The SMILES string of the molecule is Cc1cc(-c2c(-c3ccccc3)ncn2C2CCS(=O)(=O)C2)cc(C)c1O. The van der Waals surface area contributed by atoms with E-state index in [4.69, 9.17) is 0 Å². The van der Waals surface area contributed by atoms with Gasteiger partial charge in [0.2, 0.25) is 0 Å². The fraction of sp³-hybridized carbons (Fsp3) is 0.286. The van der Waals surface area contributed by atoms with Crippen LogP contribution in [-0.4, -0.2) is 34.6 Å². The molecule has 1 unspecified atom stereocenters. The van der Waals surface area contributed by atoms with Crippen molar-refractivity contribution in [3.05, 3.63) is 59.9 Å². The van der Waals surface area contributed by atoms with Crippen LogP contribution in [0, 0.1) is 13.8 Å². The van der Waals surface area contributed by atoms with E-state index in [1.807, 2.05) is 60.9 Å². The summed E-state index contributed by atoms with van der Waals surface area (Å²) in [4.78, 5) is 4.64. The summed E-state index contributed by atoms with van der Waals surface area (Å²) in [5, 5.41) is 10.2. The predicted octanol–water partition coefficient (Wildman–Crippen LogP) is 3.90. The summed E-state index contributed by atoms with van der Waals surface area (Å²) in [7, 11) is -3.01. The fourth-order valence-corrected chi connectivity index (χ4v) is 5.53. The molecule has 0 spiro atoms. The minimum absolute atomic E-state index is 0.121. The van der Waals surface area contributed by atoms with Crippen LogP contribution in [0.15, 0.2) is 48.8 Å². The Morgan fingerprint density at radius 1 is 1.07 bits per heavy atom. The Morgan fingerprint density at radius 3 is 2.33 bits per heavy atom. The van der Waals surface area contributed by atoms with Gasteiger partial charge in [0.1, 0.15) is 5.75 Å². The molecule has 1 aliphatic rings. The molecule has 27 heavy (non-hydrogen) atoms. The highest BCUT2D eigenvalue weighted by Crippen LogP contribution is 2.38. The third-order valence-electron chi connectivity index (χ3n) is 5.21. The van der Waals surface area contributed by atoms with Crippen LogP contribution in [-0.2, 0) is 9.84 Å². The van der Waals surface area contributed by atoms with E-state index in [9.17, 15) is 13.5 Å². The number of aromatic nitrogens is 2. The highest BCUT2D eigenvalue weighted by Gasteiger charge is 2.31. The Labute approximate surface area is 159 Å². The molecule has 1 fully saturated rings. The van der Waals surface area contributed by atoms with E-state index < -0.39 is 9.84 Å². The molecule has 2 heterocycles. The van der Waals surface area contributed by atoms with Gasteiger partial charge in [-0.05, 0) is 43.5 Å². The maximum Gasteiger partial charge on any atom is 0.152 e. The molecule has 1 atom stereocenters. The van der Waals surface area contributed by atoms with Crippen LogP contribution >= 0.6 is 0 Å². The zero-order chi connectivity index (χ0) is 19.2. The van der Waals surface area contributed by atoms with Gasteiger partial charge in [-0.15, -0.1) is 0 Å². The molecule has 6 heteroatoms. The number of phenolic OH excluding ortho intramolecular Hbond substituents is 1. The number of sulfone groups is 1. The highest BCUT2D eigenvalue weighted by molar-refractivity contribution is 7.91. The van der Waals surface area contributed by atoms with Gasteiger partial charge >= 0.3 is 0 Å². The molecule has 0 aliphatic carbocycles. The van der Waals surface area contributed by atoms with Gasteiger partial charge < -0.3 is 9.67 Å². The van der Waals surface area contributed by atoms with Gasteiger partial charge in [0.15, 0.2) is 9.84 Å². The predicted molar refractivity (Wildman–Crippen MR) is 107 cm³/mol. The third-order valence-corrected chi connectivity index (χ3v) is 6.96. The Bertz CT molecular complexity index is 1080. The lowest BCUT2D eigenvalue weighted by molar-refractivity contribution is 0.467. The molecule has 0 saturated carbocycles. The van der Waals surface area contributed by atoms with Gasteiger partial charge in [0, 0.05) is 11.1 Å². The van der Waals surface area contributed by atoms with Crippen molar-refractivity contribution in [1.29, 1.82) is 0 Å². The molecule has 1 aromatic heterocycles. The van der Waals surface area contributed by atoms with E-state index in [1.54, 1.807) is 6.33 Å². The quantitative estimate of drug-likeness (QED) is 0.746. The van der Waals surface area contributed by atoms with Gasteiger partial charge in [-0.1, -0.05) is 30.3 Å². The van der Waals surface area contributed by atoms with Gasteiger partial charge in [-0.2, -0.15) is 0 Å². The molecular weight excluding hydrogens is 360 g/mol. The lowest BCUT2D eigenvalue weighted by Crippen LogP contribution is -2.11. The lowest BCUT2D eigenvalue weighted by atomic mass is 9.99. The smallest absolute Gasteiger partial charge is 0.152 e. The minimum atomic E-state index is -3.01. The highest BCUT2D eigenvalue weighted by atomic mass is 32.2. The summed E-state index contributed by atoms with van der Waals surface area (Å²) in [5.74, 6) is 0.638. The van der Waals surface area contributed by atoms with Crippen molar-refractivity contribution in [3.8, 4) is 28.3 Å². The number of benzene rings is 2. The van der Waals surface area contributed by atoms with Crippen molar-refractivity contribution in [2.75, 3.05) is 11.5 Å². The Hall–Kier alpha value is -2.60. The molecule has 1 aliphatic heterocycles. The summed E-state index contributed by atoms with van der Waals surface area (Å²) in [6, 6.07) is 13.6. The van der Waals surface area contributed by atoms with Crippen LogP contribution in [0.25, 0.3) is 22.5 Å². The van der Waals surface area contributed by atoms with Crippen LogP contribution in [0.5, 0.6) is 5.75 Å². The summed E-state index contributed by atoms with van der Waals surface area (Å²) in [5.41, 5.74) is 5.21. The van der Waals surface area contributed by atoms with Crippen LogP contribution < -0.4 is 0 Å². The zero-order valence-electron chi connectivity index (χ0n) is 15.4. The van der Waals surface area contributed by atoms with E-state index in [0.717, 1.165) is 33.6 Å². The van der Waals surface area contributed by atoms with Crippen LogP contribution in [0.2, 0.25) is 0 Å². The summed E-state index contributed by atoms with van der Waals surface area (Å²) in [6.45, 7) is 3.74. The Kier molecular flexibility index (Phi) is 4.30. The number of phenols is 1. The summed E-state index contributed by atoms with van der Waals surface area (Å²) in [6.07, 6.45) is 2.34. The maximum absolute atomic E-state index is 12.0. The first-order valence-corrected chi connectivity index (χ1v) is 10.8. The van der Waals surface area contributed by atoms with Crippen LogP contribution in [0.4, 0.5) is 0 Å². The molecule has 1 saturated heterocycles. The van der Waals surface area contributed by atoms with Gasteiger partial charge in [-0.3, -0.25) is 0 Å². The first kappa shape index (κ1) is 17.8. The third kappa shape index (κ3) is 3.25. The number of aromatic hydroxyl groups is 1. The lowest BCUT2D eigenvalue weighted by Gasteiger charge is -2.17. The zero-order valence-corrected chi connectivity index (χ0v) is 16.2. The normalized spacial score (nSPS) is 18.7. The van der Waals surface area contributed by atoms with E-state index in [1.165, 1.54) is 0 Å². The van der Waals surface area contributed by atoms with Crippen LogP contribution in [0.1, 0.15) is 23.6 Å². The Balaban J connectivity index is 1.93. The summed E-state index contributed by atoms with van der Waals surface area (Å²) < 4.78 is 26.0. The van der Waals surface area contributed by atoms with Crippen molar-refractivity contribution < 1.29 is 13.5 Å². The van der Waals surface area contributed by atoms with Crippen molar-refractivity contribution in [3.63, 3.8) is 0 Å². The largest absolute Gasteiger partial charge is 0.507 e. The second-order valence-corrected chi connectivity index (χ2v) is 9.46. The first-order valence-electron chi connectivity index (χ1n) is 8.99. The monoisotopic (exact) mass is 382 g/mol. The van der Waals surface area contributed by atoms with E-state index in [0.29, 0.717) is 6.42 Å². The number of aryl methyl sites for hydroxylation is 2. The molecular formula is C21H22N2O3S. The molecule has 140 valence electrons. The van der Waals surface area contributed by atoms with Gasteiger partial charge in [0.05, 0.1) is 35.3 Å². The number of imidazole rings is 1. The number of hydrogen-bond donors (Lipinski definition) is 1. The number of nitrogens with zero attached hydrogens (tertiary/aromatic N) is 2. The molecule has 0 bridgehead atoms. The van der Waals surface area contributed by atoms with Crippen molar-refractivity contribution in [2.24, 2.45) is 0 Å². The minimum Gasteiger partial charge on any atom is -0.507 e. The molecule has 2 aromatic carbocycles. The van der Waals surface area contributed by atoms with Crippen molar-refractivity contribution >= 4 is 9.84 Å². The van der Waals surface area contributed by atoms with Gasteiger partial charge in [-0.25, -0.2) is 13.4 Å².